The highest BCUT2D eigenvalue weighted by atomic mass is 16.5. The van der Waals surface area contributed by atoms with E-state index in [0.717, 1.165) is 38.0 Å². The van der Waals surface area contributed by atoms with Gasteiger partial charge in [-0.15, -0.1) is 0 Å². The van der Waals surface area contributed by atoms with Gasteiger partial charge in [0.2, 0.25) is 11.8 Å². The van der Waals surface area contributed by atoms with Crippen molar-refractivity contribution in [2.24, 2.45) is 4.99 Å². The fraction of sp³-hybridized carbons (Fsp3) is 0.417. The van der Waals surface area contributed by atoms with Crippen LogP contribution in [0.25, 0.3) is 0 Å². The number of ether oxygens (including phenoxy) is 1. The van der Waals surface area contributed by atoms with Gasteiger partial charge in [0, 0.05) is 44.6 Å². The van der Waals surface area contributed by atoms with E-state index in [9.17, 15) is 0 Å². The van der Waals surface area contributed by atoms with Gasteiger partial charge in [0.05, 0.1) is 7.11 Å². The average Bonchev–Trinajstić information content (AvgIpc) is 2.38. The Morgan fingerprint density at radius 3 is 2.50 bits per heavy atom. The van der Waals surface area contributed by atoms with Crippen LogP contribution in [0.2, 0.25) is 0 Å². The third-order valence-electron chi connectivity index (χ3n) is 3.14. The highest BCUT2D eigenvalue weighted by molar-refractivity contribution is 5.97. The second-order valence-electron chi connectivity index (χ2n) is 4.18. The van der Waals surface area contributed by atoms with Crippen LogP contribution in [0.15, 0.2) is 29.5 Å². The molecule has 0 atom stereocenters. The molecule has 1 aromatic heterocycles. The zero-order valence-corrected chi connectivity index (χ0v) is 10.3. The van der Waals surface area contributed by atoms with Crippen molar-refractivity contribution in [3.63, 3.8) is 0 Å². The first-order valence-corrected chi connectivity index (χ1v) is 5.98. The highest BCUT2D eigenvalue weighted by Gasteiger charge is 2.21. The van der Waals surface area contributed by atoms with E-state index in [1.165, 1.54) is 0 Å². The van der Waals surface area contributed by atoms with Gasteiger partial charge in [-0.25, -0.2) is 9.98 Å². The predicted molar refractivity (Wildman–Crippen MR) is 68.9 cm³/mol. The molecule has 94 valence electrons. The summed E-state index contributed by atoms with van der Waals surface area (Å²) in [5.41, 5.74) is 0. The molecule has 0 saturated carbocycles. The number of rotatable bonds is 2. The van der Waals surface area contributed by atoms with Crippen molar-refractivity contribution < 1.29 is 4.74 Å². The number of methoxy groups -OCH3 is 1. The van der Waals surface area contributed by atoms with Gasteiger partial charge in [-0.1, -0.05) is 0 Å². The topological polar surface area (TPSA) is 53.9 Å². The van der Waals surface area contributed by atoms with Gasteiger partial charge in [0.15, 0.2) is 0 Å². The molecule has 0 bridgehead atoms. The van der Waals surface area contributed by atoms with E-state index in [1.807, 2.05) is 12.3 Å². The number of amidine groups is 1. The van der Waals surface area contributed by atoms with Crippen LogP contribution in [0.1, 0.15) is 0 Å². The molecule has 2 aliphatic heterocycles. The van der Waals surface area contributed by atoms with E-state index in [0.29, 0.717) is 5.88 Å². The zero-order chi connectivity index (χ0) is 12.4. The first-order valence-electron chi connectivity index (χ1n) is 5.98. The molecule has 18 heavy (non-hydrogen) atoms. The van der Waals surface area contributed by atoms with E-state index < -0.39 is 0 Å². The highest BCUT2D eigenvalue weighted by Crippen LogP contribution is 2.15. The first-order chi connectivity index (χ1) is 8.86. The van der Waals surface area contributed by atoms with Crippen molar-refractivity contribution in [3.05, 3.63) is 24.5 Å². The Hall–Kier alpha value is -2.11. The van der Waals surface area contributed by atoms with Crippen molar-refractivity contribution in [2.75, 3.05) is 38.2 Å². The second kappa shape index (κ2) is 4.64. The molecular formula is C12H15N5O. The molecule has 1 fully saturated rings. The quantitative estimate of drug-likeness (QED) is 0.761. The summed E-state index contributed by atoms with van der Waals surface area (Å²) in [6, 6.07) is 1.76. The van der Waals surface area contributed by atoms with Gasteiger partial charge < -0.3 is 14.5 Å². The summed E-state index contributed by atoms with van der Waals surface area (Å²) in [4.78, 5) is 17.3. The third kappa shape index (κ3) is 2.01. The van der Waals surface area contributed by atoms with Gasteiger partial charge >= 0.3 is 0 Å². The molecule has 0 aromatic carbocycles. The maximum atomic E-state index is 5.12. The second-order valence-corrected chi connectivity index (χ2v) is 4.18. The number of aromatic nitrogens is 2. The SMILES string of the molecule is COc1ccnc(N2CCN(C3=NC=C3)CC2)n1. The van der Waals surface area contributed by atoms with Gasteiger partial charge in [-0.05, 0) is 6.08 Å². The fourth-order valence-electron chi connectivity index (χ4n) is 2.06. The number of aliphatic imine (C=N–C) groups is 1. The lowest BCUT2D eigenvalue weighted by Gasteiger charge is -2.36. The van der Waals surface area contributed by atoms with Crippen LogP contribution in [0, 0.1) is 0 Å². The van der Waals surface area contributed by atoms with Gasteiger partial charge in [0.1, 0.15) is 5.84 Å². The monoisotopic (exact) mass is 245 g/mol. The van der Waals surface area contributed by atoms with Crippen LogP contribution < -0.4 is 9.64 Å². The summed E-state index contributed by atoms with van der Waals surface area (Å²) in [5, 5.41) is 0. The van der Waals surface area contributed by atoms with Crippen molar-refractivity contribution in [1.29, 1.82) is 0 Å². The molecular weight excluding hydrogens is 230 g/mol. The normalized spacial score (nSPS) is 18.4. The van der Waals surface area contributed by atoms with Crippen molar-refractivity contribution in [2.45, 2.75) is 0 Å². The van der Waals surface area contributed by atoms with Crippen LogP contribution in [0.4, 0.5) is 5.95 Å². The molecule has 0 amide bonds. The molecule has 6 nitrogen and oxygen atoms in total. The standard InChI is InChI=1S/C12H15N5O/c1-18-11-3-5-14-12(15-11)17-8-6-16(7-9-17)10-2-4-13-10/h2-5H,6-9H2,1H3. The van der Waals surface area contributed by atoms with Crippen LogP contribution >= 0.6 is 0 Å². The summed E-state index contributed by atoms with van der Waals surface area (Å²) in [7, 11) is 1.62. The molecule has 0 N–H and O–H groups in total. The van der Waals surface area contributed by atoms with E-state index in [2.05, 4.69) is 24.8 Å². The Morgan fingerprint density at radius 2 is 1.89 bits per heavy atom. The van der Waals surface area contributed by atoms with Crippen LogP contribution in [0.3, 0.4) is 0 Å². The van der Waals surface area contributed by atoms with Crippen LogP contribution in [-0.2, 0) is 0 Å². The van der Waals surface area contributed by atoms with E-state index in [1.54, 1.807) is 19.4 Å². The van der Waals surface area contributed by atoms with E-state index in [4.69, 9.17) is 4.74 Å². The molecule has 1 aromatic rings. The Labute approximate surface area is 106 Å². The lowest BCUT2D eigenvalue weighted by Crippen LogP contribution is -2.49. The molecule has 0 aliphatic carbocycles. The third-order valence-corrected chi connectivity index (χ3v) is 3.14. The van der Waals surface area contributed by atoms with Gasteiger partial charge in [-0.3, -0.25) is 0 Å². The largest absolute Gasteiger partial charge is 0.481 e. The smallest absolute Gasteiger partial charge is 0.228 e. The maximum Gasteiger partial charge on any atom is 0.228 e. The number of piperazine rings is 1. The predicted octanol–water partition coefficient (Wildman–Crippen LogP) is 0.533. The van der Waals surface area contributed by atoms with Gasteiger partial charge in [0.25, 0.3) is 0 Å². The molecule has 1 saturated heterocycles. The molecule has 3 heterocycles. The van der Waals surface area contributed by atoms with Crippen LogP contribution in [-0.4, -0.2) is 54.0 Å². The number of nitrogens with zero attached hydrogens (tertiary/aromatic N) is 5. The molecule has 0 unspecified atom stereocenters. The zero-order valence-electron chi connectivity index (χ0n) is 10.3. The minimum absolute atomic E-state index is 0.605. The Kier molecular flexibility index (Phi) is 2.84. The maximum absolute atomic E-state index is 5.12. The lowest BCUT2D eigenvalue weighted by molar-refractivity contribution is 0.377. The summed E-state index contributed by atoms with van der Waals surface area (Å²) in [6.07, 6.45) is 5.59. The molecule has 3 rings (SSSR count). The summed E-state index contributed by atoms with van der Waals surface area (Å²) < 4.78 is 5.12. The van der Waals surface area contributed by atoms with Gasteiger partial charge in [-0.2, -0.15) is 4.98 Å². The van der Waals surface area contributed by atoms with Crippen molar-refractivity contribution in [3.8, 4) is 5.88 Å². The average molecular weight is 245 g/mol. The van der Waals surface area contributed by atoms with Crippen LogP contribution in [0.5, 0.6) is 5.88 Å². The fourth-order valence-corrected chi connectivity index (χ4v) is 2.06. The number of hydrogen-bond acceptors (Lipinski definition) is 6. The first kappa shape index (κ1) is 11.0. The Morgan fingerprint density at radius 1 is 1.17 bits per heavy atom. The molecule has 6 heteroatoms. The summed E-state index contributed by atoms with van der Waals surface area (Å²) >= 11 is 0. The minimum Gasteiger partial charge on any atom is -0.481 e. The molecule has 2 aliphatic rings. The minimum atomic E-state index is 0.605. The van der Waals surface area contributed by atoms with E-state index in [-0.39, 0.29) is 0 Å². The molecule has 0 radical (unpaired) electrons. The van der Waals surface area contributed by atoms with Crippen molar-refractivity contribution >= 4 is 11.8 Å². The Balaban J connectivity index is 1.64. The Bertz CT molecular complexity index is 491. The number of hydrogen-bond donors (Lipinski definition) is 0. The van der Waals surface area contributed by atoms with E-state index >= 15 is 0 Å². The number of anilines is 1. The summed E-state index contributed by atoms with van der Waals surface area (Å²) in [6.45, 7) is 3.70. The lowest BCUT2D eigenvalue weighted by atomic mass is 10.3. The van der Waals surface area contributed by atoms with Crippen molar-refractivity contribution in [1.82, 2.24) is 14.9 Å². The molecule has 0 spiro atoms. The summed E-state index contributed by atoms with van der Waals surface area (Å²) in [5.74, 6) is 2.43.